The van der Waals surface area contributed by atoms with E-state index in [4.69, 9.17) is 28.3 Å². The molecule has 0 bridgehead atoms. The fraction of sp³-hybridized carbons (Fsp3) is 0.115. The summed E-state index contributed by atoms with van der Waals surface area (Å²) >= 11 is 12.2. The second-order valence-electron chi connectivity index (χ2n) is 7.99. The molecule has 0 fully saturated rings. The molecular formula is C26H20ClFN4OS. The molecular weight excluding hydrogens is 471 g/mol. The van der Waals surface area contributed by atoms with Gasteiger partial charge >= 0.3 is 0 Å². The SMILES string of the molecule is CC1=C(c2nc(-c3cccc(F)c3)no2)C(c2ccccc2)NC(=S)N1c1ccc(C)c(Cl)c1. The van der Waals surface area contributed by atoms with Crippen LogP contribution in [-0.4, -0.2) is 15.3 Å². The van der Waals surface area contributed by atoms with Gasteiger partial charge in [-0.3, -0.25) is 4.90 Å². The highest BCUT2D eigenvalue weighted by molar-refractivity contribution is 7.80. The van der Waals surface area contributed by atoms with Crippen molar-refractivity contribution in [3.05, 3.63) is 106 Å². The highest BCUT2D eigenvalue weighted by atomic mass is 35.5. The fourth-order valence-electron chi connectivity index (χ4n) is 4.03. The molecule has 1 unspecified atom stereocenters. The Morgan fingerprint density at radius 2 is 1.82 bits per heavy atom. The normalized spacial score (nSPS) is 16.1. The van der Waals surface area contributed by atoms with Gasteiger partial charge in [-0.2, -0.15) is 4.98 Å². The summed E-state index contributed by atoms with van der Waals surface area (Å²) in [6.45, 7) is 3.91. The van der Waals surface area contributed by atoms with Gasteiger partial charge in [-0.05, 0) is 61.5 Å². The van der Waals surface area contributed by atoms with Crippen LogP contribution in [0.15, 0.2) is 83.0 Å². The molecule has 0 amide bonds. The van der Waals surface area contributed by atoms with Crippen LogP contribution in [0, 0.1) is 12.7 Å². The fourth-order valence-corrected chi connectivity index (χ4v) is 4.56. The Balaban J connectivity index is 1.66. The number of thiocarbonyl (C=S) groups is 1. The van der Waals surface area contributed by atoms with Gasteiger partial charge in [0.15, 0.2) is 5.11 Å². The van der Waals surface area contributed by atoms with Crippen LogP contribution >= 0.6 is 23.8 Å². The van der Waals surface area contributed by atoms with Crippen molar-refractivity contribution >= 4 is 40.2 Å². The van der Waals surface area contributed by atoms with Crippen LogP contribution < -0.4 is 10.2 Å². The lowest BCUT2D eigenvalue weighted by molar-refractivity contribution is 0.404. The zero-order chi connectivity index (χ0) is 23.8. The molecule has 170 valence electrons. The maximum Gasteiger partial charge on any atom is 0.258 e. The molecule has 1 aromatic heterocycles. The number of aryl methyl sites for hydroxylation is 1. The van der Waals surface area contributed by atoms with Crippen LogP contribution in [0.3, 0.4) is 0 Å². The quantitative estimate of drug-likeness (QED) is 0.321. The van der Waals surface area contributed by atoms with E-state index in [0.717, 1.165) is 28.1 Å². The Bertz CT molecular complexity index is 1420. The van der Waals surface area contributed by atoms with E-state index in [9.17, 15) is 4.39 Å². The zero-order valence-electron chi connectivity index (χ0n) is 18.4. The standard InChI is InChI=1S/C26H20ClFN4OS/c1-15-11-12-20(14-21(15)27)32-16(2)22(23(29-26(32)34)17-7-4-3-5-8-17)25-30-24(31-33-25)18-9-6-10-19(28)13-18/h3-14,23H,1-2H3,(H,29,34). The van der Waals surface area contributed by atoms with Crippen molar-refractivity contribution in [1.29, 1.82) is 0 Å². The largest absolute Gasteiger partial charge is 0.351 e. The number of aromatic nitrogens is 2. The average molecular weight is 491 g/mol. The van der Waals surface area contributed by atoms with Gasteiger partial charge in [-0.25, -0.2) is 4.39 Å². The van der Waals surface area contributed by atoms with Crippen LogP contribution in [0.2, 0.25) is 5.02 Å². The summed E-state index contributed by atoms with van der Waals surface area (Å²) in [5.41, 5.74) is 4.91. The van der Waals surface area contributed by atoms with Crippen LogP contribution in [0.5, 0.6) is 0 Å². The minimum absolute atomic E-state index is 0.305. The molecule has 0 aliphatic carbocycles. The number of benzene rings is 3. The first-order valence-corrected chi connectivity index (χ1v) is 11.4. The molecule has 0 saturated carbocycles. The number of halogens is 2. The molecule has 34 heavy (non-hydrogen) atoms. The third-order valence-corrected chi connectivity index (χ3v) is 6.48. The first-order chi connectivity index (χ1) is 16.4. The second-order valence-corrected chi connectivity index (χ2v) is 8.79. The Morgan fingerprint density at radius 3 is 2.56 bits per heavy atom. The van der Waals surface area contributed by atoms with Crippen LogP contribution in [-0.2, 0) is 0 Å². The minimum atomic E-state index is -0.367. The predicted molar refractivity (Wildman–Crippen MR) is 136 cm³/mol. The van der Waals surface area contributed by atoms with E-state index in [1.54, 1.807) is 12.1 Å². The van der Waals surface area contributed by atoms with Gasteiger partial charge < -0.3 is 9.84 Å². The average Bonchev–Trinajstić information content (AvgIpc) is 3.31. The van der Waals surface area contributed by atoms with E-state index in [1.807, 2.05) is 67.3 Å². The van der Waals surface area contributed by atoms with Gasteiger partial charge in [0.1, 0.15) is 5.82 Å². The lowest BCUT2D eigenvalue weighted by atomic mass is 9.94. The summed E-state index contributed by atoms with van der Waals surface area (Å²) in [4.78, 5) is 6.52. The van der Waals surface area contributed by atoms with Crippen molar-refractivity contribution in [1.82, 2.24) is 15.5 Å². The number of rotatable bonds is 4. The highest BCUT2D eigenvalue weighted by Gasteiger charge is 2.34. The van der Waals surface area contributed by atoms with Gasteiger partial charge in [0, 0.05) is 22.0 Å². The van der Waals surface area contributed by atoms with Gasteiger partial charge in [0.05, 0.1) is 11.6 Å². The van der Waals surface area contributed by atoms with E-state index >= 15 is 0 Å². The van der Waals surface area contributed by atoms with Gasteiger partial charge in [0.2, 0.25) is 5.82 Å². The Hall–Kier alpha value is -3.55. The summed E-state index contributed by atoms with van der Waals surface area (Å²) in [5.74, 6) is 0.261. The molecule has 4 aromatic rings. The molecule has 5 rings (SSSR count). The maximum atomic E-state index is 13.8. The molecule has 0 saturated heterocycles. The monoisotopic (exact) mass is 490 g/mol. The van der Waals surface area contributed by atoms with Crippen molar-refractivity contribution in [2.75, 3.05) is 4.90 Å². The highest BCUT2D eigenvalue weighted by Crippen LogP contribution is 2.39. The predicted octanol–water partition coefficient (Wildman–Crippen LogP) is 6.70. The lowest BCUT2D eigenvalue weighted by Gasteiger charge is -2.37. The van der Waals surface area contributed by atoms with Crippen molar-refractivity contribution in [3.8, 4) is 11.4 Å². The van der Waals surface area contributed by atoms with Gasteiger partial charge in [-0.15, -0.1) is 0 Å². The van der Waals surface area contributed by atoms with Crippen LogP contribution in [0.1, 0.15) is 30.0 Å². The summed E-state index contributed by atoms with van der Waals surface area (Å²) in [5, 5.41) is 8.71. The first kappa shape index (κ1) is 22.3. The summed E-state index contributed by atoms with van der Waals surface area (Å²) in [7, 11) is 0. The molecule has 0 radical (unpaired) electrons. The Morgan fingerprint density at radius 1 is 1.03 bits per heavy atom. The van der Waals surface area contributed by atoms with Crippen LogP contribution in [0.25, 0.3) is 17.0 Å². The van der Waals surface area contributed by atoms with E-state index < -0.39 is 0 Å². The molecule has 2 heterocycles. The Kier molecular flexibility index (Phi) is 5.89. The van der Waals surface area contributed by atoms with E-state index in [0.29, 0.717) is 27.4 Å². The van der Waals surface area contributed by atoms with E-state index in [1.165, 1.54) is 12.1 Å². The number of nitrogens with zero attached hydrogens (tertiary/aromatic N) is 3. The lowest BCUT2D eigenvalue weighted by Crippen LogP contribution is -2.46. The molecule has 5 nitrogen and oxygen atoms in total. The second kappa shape index (κ2) is 9.00. The van der Waals surface area contributed by atoms with Crippen molar-refractivity contribution in [2.45, 2.75) is 19.9 Å². The first-order valence-electron chi connectivity index (χ1n) is 10.6. The number of anilines is 1. The van der Waals surface area contributed by atoms with E-state index in [-0.39, 0.29) is 11.9 Å². The summed E-state index contributed by atoms with van der Waals surface area (Å²) in [6.07, 6.45) is 0. The van der Waals surface area contributed by atoms with Crippen molar-refractivity contribution in [3.63, 3.8) is 0 Å². The molecule has 1 N–H and O–H groups in total. The molecule has 1 aliphatic heterocycles. The number of hydrogen-bond donors (Lipinski definition) is 1. The molecule has 0 spiro atoms. The number of hydrogen-bond acceptors (Lipinski definition) is 4. The van der Waals surface area contributed by atoms with E-state index in [2.05, 4.69) is 15.5 Å². The molecule has 8 heteroatoms. The summed E-state index contributed by atoms with van der Waals surface area (Å²) in [6, 6.07) is 21.5. The van der Waals surface area contributed by atoms with Gasteiger partial charge in [0.25, 0.3) is 5.89 Å². The molecule has 3 aromatic carbocycles. The molecule has 1 aliphatic rings. The third kappa shape index (κ3) is 4.08. The van der Waals surface area contributed by atoms with Crippen molar-refractivity contribution < 1.29 is 8.91 Å². The topological polar surface area (TPSA) is 54.2 Å². The number of nitrogens with one attached hydrogen (secondary N) is 1. The Labute approximate surface area is 206 Å². The minimum Gasteiger partial charge on any atom is -0.351 e. The van der Waals surface area contributed by atoms with Gasteiger partial charge in [-0.1, -0.05) is 65.3 Å². The number of allylic oxidation sites excluding steroid dienone is 1. The maximum absolute atomic E-state index is 13.8. The van der Waals surface area contributed by atoms with Crippen LogP contribution in [0.4, 0.5) is 10.1 Å². The van der Waals surface area contributed by atoms with Crippen molar-refractivity contribution in [2.24, 2.45) is 0 Å². The summed E-state index contributed by atoms with van der Waals surface area (Å²) < 4.78 is 19.5. The third-order valence-electron chi connectivity index (χ3n) is 5.77. The smallest absolute Gasteiger partial charge is 0.258 e. The molecule has 1 atom stereocenters. The zero-order valence-corrected chi connectivity index (χ0v) is 20.0.